The van der Waals surface area contributed by atoms with Gasteiger partial charge < -0.3 is 15.4 Å². The van der Waals surface area contributed by atoms with Crippen LogP contribution in [0.4, 0.5) is 4.39 Å². The van der Waals surface area contributed by atoms with E-state index in [2.05, 4.69) is 15.6 Å². The summed E-state index contributed by atoms with van der Waals surface area (Å²) in [4.78, 5) is 4.20. The monoisotopic (exact) mass is 309 g/mol. The van der Waals surface area contributed by atoms with E-state index < -0.39 is 0 Å². The zero-order valence-electron chi connectivity index (χ0n) is 13.9. The Morgan fingerprint density at radius 1 is 1.18 bits per heavy atom. The summed E-state index contributed by atoms with van der Waals surface area (Å²) in [5.41, 5.74) is 2.15. The number of aryl methyl sites for hydroxylation is 1. The van der Waals surface area contributed by atoms with Gasteiger partial charge in [0, 0.05) is 33.9 Å². The molecule has 1 aromatic carbocycles. The van der Waals surface area contributed by atoms with Crippen LogP contribution in [0, 0.1) is 12.7 Å². The molecule has 0 bridgehead atoms. The molecule has 0 aliphatic carbocycles. The number of unbranched alkanes of at least 4 members (excludes halogenated alkanes) is 2. The van der Waals surface area contributed by atoms with Crippen molar-refractivity contribution in [2.24, 2.45) is 4.99 Å². The topological polar surface area (TPSA) is 45.7 Å². The number of rotatable bonds is 9. The highest BCUT2D eigenvalue weighted by atomic mass is 19.1. The number of nitrogens with zero attached hydrogens (tertiary/aromatic N) is 1. The highest BCUT2D eigenvalue weighted by Gasteiger charge is 2.01. The summed E-state index contributed by atoms with van der Waals surface area (Å²) in [5, 5.41) is 6.58. The van der Waals surface area contributed by atoms with Gasteiger partial charge >= 0.3 is 0 Å². The van der Waals surface area contributed by atoms with Gasteiger partial charge in [0.1, 0.15) is 5.82 Å². The number of methoxy groups -OCH3 is 1. The van der Waals surface area contributed by atoms with E-state index in [4.69, 9.17) is 4.74 Å². The van der Waals surface area contributed by atoms with Gasteiger partial charge in [-0.05, 0) is 55.9 Å². The number of aliphatic imine (C=N–C) groups is 1. The van der Waals surface area contributed by atoms with Gasteiger partial charge in [0.25, 0.3) is 0 Å². The van der Waals surface area contributed by atoms with Crippen molar-refractivity contribution in [2.75, 3.05) is 33.9 Å². The van der Waals surface area contributed by atoms with Crippen molar-refractivity contribution >= 4 is 5.96 Å². The molecule has 0 saturated heterocycles. The first-order valence-corrected chi connectivity index (χ1v) is 7.86. The molecule has 0 atom stereocenters. The highest BCUT2D eigenvalue weighted by molar-refractivity contribution is 5.79. The van der Waals surface area contributed by atoms with Gasteiger partial charge in [-0.25, -0.2) is 4.39 Å². The third-order valence-electron chi connectivity index (χ3n) is 3.53. The Bertz CT molecular complexity index is 463. The summed E-state index contributed by atoms with van der Waals surface area (Å²) >= 11 is 0. The second-order valence-corrected chi connectivity index (χ2v) is 5.30. The number of ether oxygens (including phenoxy) is 1. The van der Waals surface area contributed by atoms with E-state index in [1.807, 2.05) is 13.0 Å². The van der Waals surface area contributed by atoms with E-state index in [1.165, 1.54) is 6.07 Å². The molecule has 0 spiro atoms. The zero-order chi connectivity index (χ0) is 16.2. The second-order valence-electron chi connectivity index (χ2n) is 5.30. The molecule has 124 valence electrons. The van der Waals surface area contributed by atoms with E-state index in [1.54, 1.807) is 20.2 Å². The average molecular weight is 309 g/mol. The van der Waals surface area contributed by atoms with E-state index in [0.29, 0.717) is 0 Å². The first-order valence-electron chi connectivity index (χ1n) is 7.86. The van der Waals surface area contributed by atoms with Gasteiger partial charge in [-0.2, -0.15) is 0 Å². The van der Waals surface area contributed by atoms with Crippen molar-refractivity contribution in [3.63, 3.8) is 0 Å². The molecule has 0 aliphatic heterocycles. The van der Waals surface area contributed by atoms with Crippen molar-refractivity contribution in [1.29, 1.82) is 0 Å². The van der Waals surface area contributed by atoms with Gasteiger partial charge in [-0.1, -0.05) is 6.07 Å². The first kappa shape index (κ1) is 18.4. The van der Waals surface area contributed by atoms with E-state index in [9.17, 15) is 4.39 Å². The molecular formula is C17H28FN3O. The van der Waals surface area contributed by atoms with Crippen molar-refractivity contribution < 1.29 is 9.13 Å². The fraction of sp³-hybridized carbons (Fsp3) is 0.588. The molecular weight excluding hydrogens is 281 g/mol. The molecule has 22 heavy (non-hydrogen) atoms. The smallest absolute Gasteiger partial charge is 0.190 e. The van der Waals surface area contributed by atoms with E-state index in [-0.39, 0.29) is 5.82 Å². The molecule has 0 fully saturated rings. The van der Waals surface area contributed by atoms with Crippen LogP contribution in [0.1, 0.15) is 30.4 Å². The van der Waals surface area contributed by atoms with Crippen LogP contribution in [-0.4, -0.2) is 39.8 Å². The van der Waals surface area contributed by atoms with Crippen LogP contribution in [0.2, 0.25) is 0 Å². The number of benzene rings is 1. The normalized spacial score (nSPS) is 11.5. The Hall–Kier alpha value is -1.62. The maximum atomic E-state index is 13.1. The Labute approximate surface area is 133 Å². The van der Waals surface area contributed by atoms with Crippen LogP contribution < -0.4 is 10.6 Å². The summed E-state index contributed by atoms with van der Waals surface area (Å²) in [6.45, 7) is 4.43. The lowest BCUT2D eigenvalue weighted by molar-refractivity contribution is 0.192. The van der Waals surface area contributed by atoms with Crippen LogP contribution >= 0.6 is 0 Å². The Balaban J connectivity index is 2.21. The average Bonchev–Trinajstić information content (AvgIpc) is 2.50. The molecule has 0 aromatic heterocycles. The Morgan fingerprint density at radius 3 is 2.64 bits per heavy atom. The third kappa shape index (κ3) is 7.41. The van der Waals surface area contributed by atoms with Crippen molar-refractivity contribution in [2.45, 2.75) is 32.6 Å². The molecule has 4 nitrogen and oxygen atoms in total. The molecule has 0 heterocycles. The Morgan fingerprint density at radius 2 is 1.95 bits per heavy atom. The highest BCUT2D eigenvalue weighted by Crippen LogP contribution is 2.10. The molecule has 1 rings (SSSR count). The van der Waals surface area contributed by atoms with Crippen LogP contribution in [0.15, 0.2) is 23.2 Å². The van der Waals surface area contributed by atoms with Crippen molar-refractivity contribution in [3.05, 3.63) is 35.1 Å². The van der Waals surface area contributed by atoms with E-state index >= 15 is 0 Å². The predicted octanol–water partition coefficient (Wildman–Crippen LogP) is 2.66. The summed E-state index contributed by atoms with van der Waals surface area (Å²) in [5.74, 6) is 0.631. The lowest BCUT2D eigenvalue weighted by Gasteiger charge is -2.12. The molecule has 0 amide bonds. The van der Waals surface area contributed by atoms with Gasteiger partial charge in [0.2, 0.25) is 0 Å². The first-order chi connectivity index (χ1) is 10.7. The number of guanidine groups is 1. The minimum atomic E-state index is -0.180. The summed E-state index contributed by atoms with van der Waals surface area (Å²) in [6.07, 6.45) is 4.18. The standard InChI is InChI=1S/C17H28FN3O/c1-14-13-16(18)8-7-15(14)9-11-21-17(19-2)20-10-5-4-6-12-22-3/h7-8,13H,4-6,9-12H2,1-3H3,(H2,19,20,21). The zero-order valence-corrected chi connectivity index (χ0v) is 13.9. The van der Waals surface area contributed by atoms with Crippen LogP contribution in [0.5, 0.6) is 0 Å². The fourth-order valence-electron chi connectivity index (χ4n) is 2.23. The predicted molar refractivity (Wildman–Crippen MR) is 89.9 cm³/mol. The van der Waals surface area contributed by atoms with Crippen molar-refractivity contribution in [1.82, 2.24) is 10.6 Å². The molecule has 5 heteroatoms. The lowest BCUT2D eigenvalue weighted by Crippen LogP contribution is -2.38. The van der Waals surface area contributed by atoms with Gasteiger partial charge in [0.05, 0.1) is 0 Å². The SMILES string of the molecule is CN=C(NCCCCCOC)NCCc1ccc(F)cc1C. The maximum Gasteiger partial charge on any atom is 0.190 e. The molecule has 0 saturated carbocycles. The van der Waals surface area contributed by atoms with Gasteiger partial charge in [0.15, 0.2) is 5.96 Å². The fourth-order valence-corrected chi connectivity index (χ4v) is 2.23. The maximum absolute atomic E-state index is 13.1. The van der Waals surface area contributed by atoms with Gasteiger partial charge in [-0.15, -0.1) is 0 Å². The number of hydrogen-bond acceptors (Lipinski definition) is 2. The molecule has 1 aromatic rings. The van der Waals surface area contributed by atoms with Crippen LogP contribution in [0.25, 0.3) is 0 Å². The number of nitrogens with one attached hydrogen (secondary N) is 2. The summed E-state index contributed by atoms with van der Waals surface area (Å²) < 4.78 is 18.1. The molecule has 2 N–H and O–H groups in total. The summed E-state index contributed by atoms with van der Waals surface area (Å²) in [6, 6.07) is 4.93. The molecule has 0 aliphatic rings. The quantitative estimate of drug-likeness (QED) is 0.419. The summed E-state index contributed by atoms with van der Waals surface area (Å²) in [7, 11) is 3.50. The molecule has 0 unspecified atom stereocenters. The van der Waals surface area contributed by atoms with Crippen molar-refractivity contribution in [3.8, 4) is 0 Å². The number of halogens is 1. The third-order valence-corrected chi connectivity index (χ3v) is 3.53. The molecule has 0 radical (unpaired) electrons. The van der Waals surface area contributed by atoms with Crippen LogP contribution in [-0.2, 0) is 11.2 Å². The number of hydrogen-bond donors (Lipinski definition) is 2. The van der Waals surface area contributed by atoms with Gasteiger partial charge in [-0.3, -0.25) is 4.99 Å². The lowest BCUT2D eigenvalue weighted by atomic mass is 10.1. The minimum Gasteiger partial charge on any atom is -0.385 e. The second kappa shape index (κ2) is 11.0. The van der Waals surface area contributed by atoms with E-state index in [0.717, 1.165) is 62.5 Å². The van der Waals surface area contributed by atoms with Crippen LogP contribution in [0.3, 0.4) is 0 Å². The Kier molecular flexibility index (Phi) is 9.23. The minimum absolute atomic E-state index is 0.180. The largest absolute Gasteiger partial charge is 0.385 e.